The van der Waals surface area contributed by atoms with E-state index >= 15 is 0 Å². The number of benzene rings is 2. The zero-order valence-corrected chi connectivity index (χ0v) is 19.9. The highest BCUT2D eigenvalue weighted by atomic mass is 35.5. The molecule has 1 aliphatic heterocycles. The van der Waals surface area contributed by atoms with Crippen molar-refractivity contribution in [2.75, 3.05) is 18.1 Å². The third-order valence-corrected chi connectivity index (χ3v) is 8.04. The molecular formula is C22H25ClN4O2S2. The highest BCUT2D eigenvalue weighted by molar-refractivity contribution is 7.91. The standard InChI is InChI=1S/C22H25ClN4O2S2/c1-3-25(20-11-12-31(28,29)14-20)15-26-22(30)27(19-6-4-5-16(2)13-19)21(24-26)17-7-9-18(23)10-8-17/h4-10,13,20H,3,11-12,14-15H2,1-2H3. The van der Waals surface area contributed by atoms with E-state index in [1.165, 1.54) is 0 Å². The first-order chi connectivity index (χ1) is 14.8. The van der Waals surface area contributed by atoms with Crippen molar-refractivity contribution in [1.82, 2.24) is 19.2 Å². The van der Waals surface area contributed by atoms with Crippen molar-refractivity contribution < 1.29 is 8.42 Å². The Morgan fingerprint density at radius 1 is 1.23 bits per heavy atom. The normalized spacial score (nSPS) is 18.0. The zero-order chi connectivity index (χ0) is 22.2. The summed E-state index contributed by atoms with van der Waals surface area (Å²) in [4.78, 5) is 2.14. The van der Waals surface area contributed by atoms with Gasteiger partial charge >= 0.3 is 0 Å². The number of hydrogen-bond donors (Lipinski definition) is 0. The van der Waals surface area contributed by atoms with Crippen molar-refractivity contribution in [2.24, 2.45) is 0 Å². The number of halogens is 1. The second-order valence-corrected chi connectivity index (χ2v) is 10.9. The minimum atomic E-state index is -2.97. The second-order valence-electron chi connectivity index (χ2n) is 7.89. The molecule has 1 atom stereocenters. The van der Waals surface area contributed by atoms with E-state index < -0.39 is 9.84 Å². The molecule has 0 bridgehead atoms. The van der Waals surface area contributed by atoms with Crippen molar-refractivity contribution in [1.29, 1.82) is 0 Å². The first-order valence-electron chi connectivity index (χ1n) is 10.2. The molecule has 1 unspecified atom stereocenters. The number of aromatic nitrogens is 3. The van der Waals surface area contributed by atoms with Crippen LogP contribution >= 0.6 is 23.8 Å². The van der Waals surface area contributed by atoms with Gasteiger partial charge in [0.15, 0.2) is 15.7 Å². The van der Waals surface area contributed by atoms with Gasteiger partial charge in [-0.1, -0.05) is 30.7 Å². The van der Waals surface area contributed by atoms with Crippen LogP contribution in [0.3, 0.4) is 0 Å². The van der Waals surface area contributed by atoms with Gasteiger partial charge in [-0.3, -0.25) is 9.47 Å². The molecule has 3 aromatic rings. The summed E-state index contributed by atoms with van der Waals surface area (Å²) < 4.78 is 28.3. The lowest BCUT2D eigenvalue weighted by Crippen LogP contribution is -2.37. The van der Waals surface area contributed by atoms with Crippen molar-refractivity contribution in [3.8, 4) is 17.1 Å². The molecule has 0 aliphatic carbocycles. The maximum absolute atomic E-state index is 12.0. The lowest BCUT2D eigenvalue weighted by Gasteiger charge is -2.26. The van der Waals surface area contributed by atoms with Crippen LogP contribution < -0.4 is 0 Å². The molecule has 0 saturated carbocycles. The molecule has 1 aromatic heterocycles. The smallest absolute Gasteiger partial charge is 0.204 e. The average molecular weight is 477 g/mol. The van der Waals surface area contributed by atoms with E-state index in [1.807, 2.05) is 60.9 Å². The van der Waals surface area contributed by atoms with Crippen LogP contribution in [-0.2, 0) is 16.5 Å². The fourth-order valence-corrected chi connectivity index (χ4v) is 6.17. The lowest BCUT2D eigenvalue weighted by atomic mass is 10.2. The topological polar surface area (TPSA) is 60.1 Å². The Kier molecular flexibility index (Phi) is 6.35. The quantitative estimate of drug-likeness (QED) is 0.490. The fraction of sp³-hybridized carbons (Fsp3) is 0.364. The summed E-state index contributed by atoms with van der Waals surface area (Å²) in [6.45, 7) is 5.23. The number of rotatable bonds is 6. The summed E-state index contributed by atoms with van der Waals surface area (Å²) in [5.74, 6) is 1.16. The Balaban J connectivity index is 1.78. The summed E-state index contributed by atoms with van der Waals surface area (Å²) in [7, 11) is -2.97. The number of aryl methyl sites for hydroxylation is 1. The van der Waals surface area contributed by atoms with Crippen molar-refractivity contribution in [2.45, 2.75) is 33.0 Å². The van der Waals surface area contributed by atoms with Crippen molar-refractivity contribution in [3.05, 3.63) is 63.9 Å². The maximum Gasteiger partial charge on any atom is 0.204 e. The van der Waals surface area contributed by atoms with Crippen LogP contribution in [0.1, 0.15) is 18.9 Å². The number of hydrogen-bond acceptors (Lipinski definition) is 5. The van der Waals surface area contributed by atoms with Gasteiger partial charge in [0.25, 0.3) is 0 Å². The highest BCUT2D eigenvalue weighted by Gasteiger charge is 2.32. The fourth-order valence-electron chi connectivity index (χ4n) is 3.99. The van der Waals surface area contributed by atoms with E-state index in [-0.39, 0.29) is 17.5 Å². The molecule has 1 saturated heterocycles. The molecule has 2 heterocycles. The Labute approximate surface area is 193 Å². The molecule has 6 nitrogen and oxygen atoms in total. The van der Waals surface area contributed by atoms with Crippen molar-refractivity contribution >= 4 is 33.7 Å². The summed E-state index contributed by atoms with van der Waals surface area (Å²) >= 11 is 11.9. The molecule has 164 valence electrons. The predicted octanol–water partition coefficient (Wildman–Crippen LogP) is 4.50. The Hall–Kier alpha value is -2.00. The summed E-state index contributed by atoms with van der Waals surface area (Å²) in [6, 6.07) is 15.6. The van der Waals surface area contributed by atoms with E-state index in [9.17, 15) is 8.42 Å². The van der Waals surface area contributed by atoms with Crippen LogP contribution in [0.2, 0.25) is 5.02 Å². The van der Waals surface area contributed by atoms with E-state index in [0.717, 1.165) is 29.2 Å². The van der Waals surface area contributed by atoms with Gasteiger partial charge in [-0.2, -0.15) is 0 Å². The average Bonchev–Trinajstić information content (AvgIpc) is 3.25. The molecule has 1 fully saturated rings. The minimum absolute atomic E-state index is 0.0139. The summed E-state index contributed by atoms with van der Waals surface area (Å²) in [6.07, 6.45) is 0.645. The van der Waals surface area contributed by atoms with Crippen LogP contribution in [0.4, 0.5) is 0 Å². The molecule has 0 radical (unpaired) electrons. The Morgan fingerprint density at radius 2 is 1.97 bits per heavy atom. The van der Waals surface area contributed by atoms with E-state index in [0.29, 0.717) is 22.9 Å². The zero-order valence-electron chi connectivity index (χ0n) is 17.5. The van der Waals surface area contributed by atoms with Crippen molar-refractivity contribution in [3.63, 3.8) is 0 Å². The molecule has 0 spiro atoms. The van der Waals surface area contributed by atoms with E-state index in [1.54, 1.807) is 4.68 Å². The molecule has 4 rings (SSSR count). The van der Waals surface area contributed by atoms with Gasteiger partial charge in [-0.15, -0.1) is 5.10 Å². The van der Waals surface area contributed by atoms with E-state index in [2.05, 4.69) is 11.0 Å². The summed E-state index contributed by atoms with van der Waals surface area (Å²) in [5.41, 5.74) is 2.97. The van der Waals surface area contributed by atoms with Crippen LogP contribution in [-0.4, -0.2) is 51.8 Å². The van der Waals surface area contributed by atoms with Crippen LogP contribution in [0, 0.1) is 11.7 Å². The number of sulfone groups is 1. The van der Waals surface area contributed by atoms with Gasteiger partial charge in [0.05, 0.1) is 23.9 Å². The van der Waals surface area contributed by atoms with Gasteiger partial charge in [-0.05, 0) is 74.1 Å². The SMILES string of the molecule is CCN(Cn1nc(-c2ccc(Cl)cc2)n(-c2cccc(C)c2)c1=S)C1CCS(=O)(=O)C1. The third-order valence-electron chi connectivity index (χ3n) is 5.65. The van der Waals surface area contributed by atoms with Crippen LogP contribution in [0.15, 0.2) is 48.5 Å². The minimum Gasteiger partial charge on any atom is -0.281 e. The largest absolute Gasteiger partial charge is 0.281 e. The predicted molar refractivity (Wildman–Crippen MR) is 127 cm³/mol. The Bertz CT molecular complexity index is 1250. The van der Waals surface area contributed by atoms with Crippen LogP contribution in [0.5, 0.6) is 0 Å². The molecule has 0 N–H and O–H groups in total. The molecule has 9 heteroatoms. The first-order valence-corrected chi connectivity index (χ1v) is 12.9. The maximum atomic E-state index is 12.0. The van der Waals surface area contributed by atoms with E-state index in [4.69, 9.17) is 28.9 Å². The van der Waals surface area contributed by atoms with Gasteiger partial charge in [0.1, 0.15) is 0 Å². The lowest BCUT2D eigenvalue weighted by molar-refractivity contribution is 0.164. The van der Waals surface area contributed by atoms with Crippen LogP contribution in [0.25, 0.3) is 17.1 Å². The van der Waals surface area contributed by atoms with Gasteiger partial charge in [0, 0.05) is 16.6 Å². The van der Waals surface area contributed by atoms with Gasteiger partial charge in [-0.25, -0.2) is 13.1 Å². The summed E-state index contributed by atoms with van der Waals surface area (Å²) in [5, 5.41) is 5.51. The molecule has 1 aliphatic rings. The first kappa shape index (κ1) is 22.2. The molecule has 31 heavy (non-hydrogen) atoms. The van der Waals surface area contributed by atoms with Gasteiger partial charge in [0.2, 0.25) is 4.77 Å². The second kappa shape index (κ2) is 8.86. The molecule has 0 amide bonds. The highest BCUT2D eigenvalue weighted by Crippen LogP contribution is 2.26. The van der Waals surface area contributed by atoms with Gasteiger partial charge < -0.3 is 0 Å². The molecule has 2 aromatic carbocycles. The third kappa shape index (κ3) is 4.77. The monoisotopic (exact) mass is 476 g/mol. The Morgan fingerprint density at radius 3 is 2.58 bits per heavy atom. The molecular weight excluding hydrogens is 452 g/mol. The number of nitrogens with zero attached hydrogens (tertiary/aromatic N) is 4.